The molecule has 0 saturated carbocycles. The number of ether oxygens (including phenoxy) is 1. The molecule has 0 saturated heterocycles. The minimum atomic E-state index is -0.611. The number of methoxy groups -OCH3 is 1. The number of carbonyl (C=O) groups excluding carboxylic acids is 1. The number of aliphatic hydroxyl groups is 1. The van der Waals surface area contributed by atoms with Gasteiger partial charge < -0.3 is 20.5 Å². The molecule has 3 rings (SSSR count). The number of nitrogens with one attached hydrogen (secondary N) is 2. The molecule has 7 heteroatoms. The van der Waals surface area contributed by atoms with Crippen LogP contribution in [-0.4, -0.2) is 37.3 Å². The summed E-state index contributed by atoms with van der Waals surface area (Å²) >= 11 is 7.50. The van der Waals surface area contributed by atoms with Gasteiger partial charge in [-0.05, 0) is 53.8 Å². The van der Waals surface area contributed by atoms with Gasteiger partial charge in [-0.3, -0.25) is 0 Å². The van der Waals surface area contributed by atoms with Gasteiger partial charge >= 0.3 is 5.97 Å². The highest BCUT2D eigenvalue weighted by Crippen LogP contribution is 2.31. The fourth-order valence-corrected chi connectivity index (χ4v) is 4.12. The van der Waals surface area contributed by atoms with E-state index in [1.807, 2.05) is 41.8 Å². The second-order valence-electron chi connectivity index (χ2n) is 6.99. The third-order valence-corrected chi connectivity index (χ3v) is 5.92. The maximum atomic E-state index is 11.9. The van der Waals surface area contributed by atoms with Gasteiger partial charge in [-0.1, -0.05) is 35.9 Å². The Hall–Kier alpha value is -2.38. The zero-order valence-corrected chi connectivity index (χ0v) is 18.5. The van der Waals surface area contributed by atoms with E-state index in [1.54, 1.807) is 18.2 Å². The van der Waals surface area contributed by atoms with Gasteiger partial charge in [0.05, 0.1) is 18.8 Å². The van der Waals surface area contributed by atoms with Crippen LogP contribution in [0.1, 0.15) is 28.9 Å². The number of hydrogen-bond donors (Lipinski definition) is 3. The van der Waals surface area contributed by atoms with Crippen molar-refractivity contribution < 1.29 is 14.6 Å². The van der Waals surface area contributed by atoms with E-state index in [9.17, 15) is 9.90 Å². The molecule has 0 fully saturated rings. The van der Waals surface area contributed by atoms with E-state index >= 15 is 0 Å². The minimum absolute atomic E-state index is 0.154. The van der Waals surface area contributed by atoms with E-state index in [0.717, 1.165) is 21.7 Å². The first-order valence-electron chi connectivity index (χ1n) is 9.65. The molecule has 3 aromatic rings. The van der Waals surface area contributed by atoms with Gasteiger partial charge in [0.15, 0.2) is 0 Å². The molecule has 0 amide bonds. The summed E-state index contributed by atoms with van der Waals surface area (Å²) in [6.07, 6.45) is -0.611. The third kappa shape index (κ3) is 5.83. The number of rotatable bonds is 9. The Morgan fingerprint density at radius 2 is 1.93 bits per heavy atom. The lowest BCUT2D eigenvalue weighted by atomic mass is 10.1. The predicted octanol–water partition coefficient (Wildman–Crippen LogP) is 4.98. The van der Waals surface area contributed by atoms with Crippen LogP contribution in [0, 0.1) is 0 Å². The number of benzene rings is 2. The zero-order valence-electron chi connectivity index (χ0n) is 16.9. The average Bonchev–Trinajstić information content (AvgIpc) is 3.25. The molecule has 2 aromatic carbocycles. The molecule has 2 atom stereocenters. The molecule has 0 spiro atoms. The highest BCUT2D eigenvalue weighted by Gasteiger charge is 2.15. The second-order valence-corrected chi connectivity index (χ2v) is 8.35. The molecule has 5 nitrogen and oxygen atoms in total. The number of hydrogen-bond acceptors (Lipinski definition) is 6. The van der Waals surface area contributed by atoms with Gasteiger partial charge in [-0.25, -0.2) is 4.79 Å². The smallest absolute Gasteiger partial charge is 0.339 e. The first kappa shape index (κ1) is 22.3. The summed E-state index contributed by atoms with van der Waals surface area (Å²) in [7, 11) is 1.39. The molecule has 0 aliphatic heterocycles. The van der Waals surface area contributed by atoms with Crippen molar-refractivity contribution >= 4 is 34.6 Å². The van der Waals surface area contributed by atoms with Crippen LogP contribution in [0.15, 0.2) is 60.0 Å². The Morgan fingerprint density at radius 3 is 2.63 bits per heavy atom. The van der Waals surface area contributed by atoms with Crippen LogP contribution in [-0.2, 0) is 4.74 Å². The topological polar surface area (TPSA) is 70.6 Å². The van der Waals surface area contributed by atoms with Crippen molar-refractivity contribution in [1.29, 1.82) is 0 Å². The maximum Gasteiger partial charge on any atom is 0.339 e. The van der Waals surface area contributed by atoms with Gasteiger partial charge in [0.1, 0.15) is 0 Å². The highest BCUT2D eigenvalue weighted by atomic mass is 35.5. The van der Waals surface area contributed by atoms with E-state index in [1.165, 1.54) is 18.4 Å². The van der Waals surface area contributed by atoms with Crippen LogP contribution < -0.4 is 10.6 Å². The molecule has 0 aliphatic rings. The van der Waals surface area contributed by atoms with E-state index in [2.05, 4.69) is 17.6 Å². The molecule has 1 heterocycles. The quantitative estimate of drug-likeness (QED) is 0.406. The Bertz CT molecular complexity index is 975. The van der Waals surface area contributed by atoms with Gasteiger partial charge in [-0.2, -0.15) is 0 Å². The Labute approximate surface area is 185 Å². The van der Waals surface area contributed by atoms with Crippen molar-refractivity contribution in [2.75, 3.05) is 25.5 Å². The lowest BCUT2D eigenvalue weighted by Crippen LogP contribution is -2.35. The van der Waals surface area contributed by atoms with E-state index in [0.29, 0.717) is 23.7 Å². The highest BCUT2D eigenvalue weighted by molar-refractivity contribution is 7.14. The molecule has 0 aliphatic carbocycles. The van der Waals surface area contributed by atoms with E-state index < -0.39 is 6.10 Å². The first-order valence-corrected chi connectivity index (χ1v) is 10.9. The molecular formula is C23H25ClN2O3S. The summed E-state index contributed by atoms with van der Waals surface area (Å²) in [5, 5.41) is 19.5. The van der Waals surface area contributed by atoms with Gasteiger partial charge in [-0.15, -0.1) is 11.3 Å². The number of esters is 1. The predicted molar refractivity (Wildman–Crippen MR) is 123 cm³/mol. The molecule has 0 radical (unpaired) electrons. The normalized spacial score (nSPS) is 12.9. The van der Waals surface area contributed by atoms with Crippen molar-refractivity contribution in [2.24, 2.45) is 0 Å². The molecule has 0 unspecified atom stereocenters. The number of carbonyl (C=O) groups is 1. The van der Waals surface area contributed by atoms with Crippen LogP contribution in [0.25, 0.3) is 10.4 Å². The minimum Gasteiger partial charge on any atom is -0.465 e. The van der Waals surface area contributed by atoms with E-state index in [-0.39, 0.29) is 12.0 Å². The van der Waals surface area contributed by atoms with E-state index in [4.69, 9.17) is 16.3 Å². The number of halogens is 1. The summed E-state index contributed by atoms with van der Waals surface area (Å²) in [6, 6.07) is 17.2. The first-order chi connectivity index (χ1) is 14.5. The van der Waals surface area contributed by atoms with Crippen molar-refractivity contribution in [1.82, 2.24) is 5.32 Å². The maximum absolute atomic E-state index is 11.9. The standard InChI is InChI=1S/C23H25ClN2O3S/c1-15(25-14-21(27)17-4-3-5-18(24)12-17)13-26-19-8-6-16(7-9-19)22-20(10-11-30-22)23(28)29-2/h3-12,15,21,25-27H,13-14H2,1-2H3/t15-,21+/m1/s1. The summed E-state index contributed by atoms with van der Waals surface area (Å²) < 4.78 is 4.84. The fraction of sp³-hybridized carbons (Fsp3) is 0.261. The largest absolute Gasteiger partial charge is 0.465 e. The van der Waals surface area contributed by atoms with Crippen molar-refractivity contribution in [2.45, 2.75) is 19.1 Å². The molecule has 158 valence electrons. The van der Waals surface area contributed by atoms with Crippen LogP contribution >= 0.6 is 22.9 Å². The average molecular weight is 445 g/mol. The van der Waals surface area contributed by atoms with Gasteiger partial charge in [0, 0.05) is 34.7 Å². The monoisotopic (exact) mass is 444 g/mol. The van der Waals surface area contributed by atoms with Crippen LogP contribution in [0.3, 0.4) is 0 Å². The summed E-state index contributed by atoms with van der Waals surface area (Å²) in [5.74, 6) is -0.326. The zero-order chi connectivity index (χ0) is 21.5. The summed E-state index contributed by atoms with van der Waals surface area (Å²) in [4.78, 5) is 12.8. The molecule has 3 N–H and O–H groups in total. The molecule has 1 aromatic heterocycles. The van der Waals surface area contributed by atoms with Crippen LogP contribution in [0.4, 0.5) is 5.69 Å². The Morgan fingerprint density at radius 1 is 1.17 bits per heavy atom. The summed E-state index contributed by atoms with van der Waals surface area (Å²) in [6.45, 7) is 3.20. The lowest BCUT2D eigenvalue weighted by Gasteiger charge is -2.18. The lowest BCUT2D eigenvalue weighted by molar-refractivity contribution is 0.0602. The van der Waals surface area contributed by atoms with Crippen molar-refractivity contribution in [3.05, 3.63) is 76.1 Å². The van der Waals surface area contributed by atoms with Crippen LogP contribution in [0.5, 0.6) is 0 Å². The number of aliphatic hydroxyl groups excluding tert-OH is 1. The summed E-state index contributed by atoms with van der Waals surface area (Å²) in [5.41, 5.74) is 3.34. The van der Waals surface area contributed by atoms with Crippen molar-refractivity contribution in [3.63, 3.8) is 0 Å². The number of thiophene rings is 1. The second kappa shape index (κ2) is 10.6. The van der Waals surface area contributed by atoms with Crippen molar-refractivity contribution in [3.8, 4) is 10.4 Å². The fourth-order valence-electron chi connectivity index (χ4n) is 3.03. The Balaban J connectivity index is 1.50. The Kier molecular flexibility index (Phi) is 7.87. The van der Waals surface area contributed by atoms with Gasteiger partial charge in [0.2, 0.25) is 0 Å². The third-order valence-electron chi connectivity index (χ3n) is 4.72. The molecular weight excluding hydrogens is 420 g/mol. The van der Waals surface area contributed by atoms with Gasteiger partial charge in [0.25, 0.3) is 0 Å². The number of anilines is 1. The molecule has 0 bridgehead atoms. The van der Waals surface area contributed by atoms with Crippen LogP contribution in [0.2, 0.25) is 5.02 Å². The SMILES string of the molecule is COC(=O)c1ccsc1-c1ccc(NC[C@@H](C)NC[C@H](O)c2cccc(Cl)c2)cc1. The molecule has 30 heavy (non-hydrogen) atoms.